The normalized spacial score (nSPS) is 10.6. The van der Waals surface area contributed by atoms with Crippen LogP contribution in [0, 0.1) is 0 Å². The molecule has 0 fully saturated rings. The predicted molar refractivity (Wildman–Crippen MR) is 99.4 cm³/mol. The Balaban J connectivity index is 1.93. The maximum Gasteiger partial charge on any atom is 0.313 e. The first kappa shape index (κ1) is 18.6. The van der Waals surface area contributed by atoms with Crippen molar-refractivity contribution in [3.05, 3.63) is 59.9 Å². The number of nitrogens with zero attached hydrogens (tertiary/aromatic N) is 2. The molecule has 1 heterocycles. The van der Waals surface area contributed by atoms with Crippen molar-refractivity contribution in [3.63, 3.8) is 0 Å². The minimum absolute atomic E-state index is 0.426. The van der Waals surface area contributed by atoms with Crippen molar-refractivity contribution in [1.82, 2.24) is 9.88 Å². The van der Waals surface area contributed by atoms with Crippen molar-refractivity contribution in [1.29, 1.82) is 0 Å². The molecule has 0 spiro atoms. The highest BCUT2D eigenvalue weighted by Crippen LogP contribution is 2.17. The molecule has 5 heteroatoms. The van der Waals surface area contributed by atoms with Crippen LogP contribution < -0.4 is 5.32 Å². The van der Waals surface area contributed by atoms with Gasteiger partial charge in [-0.05, 0) is 54.7 Å². The van der Waals surface area contributed by atoms with Crippen LogP contribution in [0.15, 0.2) is 48.8 Å². The van der Waals surface area contributed by atoms with Gasteiger partial charge in [0.25, 0.3) is 0 Å². The second-order valence-corrected chi connectivity index (χ2v) is 6.22. The Morgan fingerprint density at radius 1 is 1.08 bits per heavy atom. The third-order valence-corrected chi connectivity index (χ3v) is 4.12. The monoisotopic (exact) mass is 339 g/mol. The zero-order valence-corrected chi connectivity index (χ0v) is 15.0. The largest absolute Gasteiger partial charge is 0.334 e. The lowest BCUT2D eigenvalue weighted by Crippen LogP contribution is -2.40. The van der Waals surface area contributed by atoms with E-state index in [9.17, 15) is 9.59 Å². The Labute approximate surface area is 149 Å². The number of nitrogens with one attached hydrogen (secondary N) is 1. The van der Waals surface area contributed by atoms with E-state index >= 15 is 0 Å². The summed E-state index contributed by atoms with van der Waals surface area (Å²) < 4.78 is 0. The van der Waals surface area contributed by atoms with Crippen LogP contribution in [-0.4, -0.2) is 34.8 Å². The van der Waals surface area contributed by atoms with Gasteiger partial charge in [-0.25, -0.2) is 0 Å². The van der Waals surface area contributed by atoms with Crippen LogP contribution in [-0.2, 0) is 16.0 Å². The molecule has 1 aromatic heterocycles. The summed E-state index contributed by atoms with van der Waals surface area (Å²) in [4.78, 5) is 30.1. The second-order valence-electron chi connectivity index (χ2n) is 6.22. The van der Waals surface area contributed by atoms with Gasteiger partial charge in [-0.3, -0.25) is 14.6 Å². The van der Waals surface area contributed by atoms with Gasteiger partial charge in [0.1, 0.15) is 0 Å². The average molecular weight is 339 g/mol. The maximum atomic E-state index is 12.4. The smallest absolute Gasteiger partial charge is 0.313 e. The number of aromatic nitrogens is 1. The third-order valence-electron chi connectivity index (χ3n) is 4.12. The Kier molecular flexibility index (Phi) is 6.69. The van der Waals surface area contributed by atoms with Crippen molar-refractivity contribution < 1.29 is 9.59 Å². The lowest BCUT2D eigenvalue weighted by molar-refractivity contribution is -0.143. The number of carbonyl (C=O) groups excluding carboxylic acids is 2. The Morgan fingerprint density at radius 3 is 2.28 bits per heavy atom. The summed E-state index contributed by atoms with van der Waals surface area (Å²) in [5.41, 5.74) is 2.91. The standard InChI is InChI=1S/C20H25N3O2/c1-4-23(14-11-16-9-12-21-13-10-16)20(25)19(24)22-18-7-5-17(6-8-18)15(2)3/h5-10,12-13,15H,4,11,14H2,1-3H3,(H,22,24). The van der Waals surface area contributed by atoms with Gasteiger partial charge < -0.3 is 10.2 Å². The minimum atomic E-state index is -0.603. The van der Waals surface area contributed by atoms with E-state index in [0.29, 0.717) is 31.1 Å². The summed E-state index contributed by atoms with van der Waals surface area (Å²) in [5.74, 6) is -0.687. The van der Waals surface area contributed by atoms with Crippen molar-refractivity contribution in [2.45, 2.75) is 33.1 Å². The van der Waals surface area contributed by atoms with Gasteiger partial charge in [-0.1, -0.05) is 26.0 Å². The summed E-state index contributed by atoms with van der Waals surface area (Å²) in [7, 11) is 0. The quantitative estimate of drug-likeness (QED) is 0.822. The molecule has 0 saturated heterocycles. The first-order chi connectivity index (χ1) is 12.0. The van der Waals surface area contributed by atoms with Crippen LogP contribution in [0.25, 0.3) is 0 Å². The highest BCUT2D eigenvalue weighted by molar-refractivity contribution is 6.39. The number of hydrogen-bond donors (Lipinski definition) is 1. The summed E-state index contributed by atoms with van der Waals surface area (Å²) in [6.07, 6.45) is 4.14. The fourth-order valence-electron chi connectivity index (χ4n) is 2.50. The fraction of sp³-hybridized carbons (Fsp3) is 0.350. The van der Waals surface area contributed by atoms with Gasteiger partial charge in [-0.2, -0.15) is 0 Å². The van der Waals surface area contributed by atoms with Crippen molar-refractivity contribution in [2.24, 2.45) is 0 Å². The number of amides is 2. The molecule has 2 amide bonds. The van der Waals surface area contributed by atoms with E-state index in [4.69, 9.17) is 0 Å². The Bertz CT molecular complexity index is 697. The van der Waals surface area contributed by atoms with Crippen molar-refractivity contribution in [3.8, 4) is 0 Å². The van der Waals surface area contributed by atoms with E-state index in [2.05, 4.69) is 24.1 Å². The summed E-state index contributed by atoms with van der Waals surface area (Å²) in [6, 6.07) is 11.4. The van der Waals surface area contributed by atoms with Gasteiger partial charge in [0.15, 0.2) is 0 Å². The SMILES string of the molecule is CCN(CCc1ccncc1)C(=O)C(=O)Nc1ccc(C(C)C)cc1. The predicted octanol–water partition coefficient (Wildman–Crippen LogP) is 3.23. The molecule has 0 atom stereocenters. The topological polar surface area (TPSA) is 62.3 Å². The summed E-state index contributed by atoms with van der Waals surface area (Å²) in [5, 5.41) is 2.68. The number of rotatable bonds is 6. The molecule has 25 heavy (non-hydrogen) atoms. The van der Waals surface area contributed by atoms with Gasteiger partial charge in [0.2, 0.25) is 0 Å². The highest BCUT2D eigenvalue weighted by Gasteiger charge is 2.20. The van der Waals surface area contributed by atoms with E-state index in [1.165, 1.54) is 5.56 Å². The number of pyridine rings is 1. The molecule has 1 aromatic carbocycles. The first-order valence-corrected chi connectivity index (χ1v) is 8.60. The van der Waals surface area contributed by atoms with Crippen LogP contribution in [0.5, 0.6) is 0 Å². The molecule has 0 unspecified atom stereocenters. The van der Waals surface area contributed by atoms with E-state index < -0.39 is 11.8 Å². The number of benzene rings is 1. The van der Waals surface area contributed by atoms with Crippen molar-refractivity contribution >= 4 is 17.5 Å². The molecule has 0 radical (unpaired) electrons. The molecular weight excluding hydrogens is 314 g/mol. The van der Waals surface area contributed by atoms with Gasteiger partial charge in [0.05, 0.1) is 0 Å². The first-order valence-electron chi connectivity index (χ1n) is 8.60. The molecular formula is C20H25N3O2. The molecule has 2 aromatic rings. The van der Waals surface area contributed by atoms with Gasteiger partial charge in [0, 0.05) is 31.2 Å². The van der Waals surface area contributed by atoms with Gasteiger partial charge in [-0.15, -0.1) is 0 Å². The van der Waals surface area contributed by atoms with E-state index in [1.54, 1.807) is 17.3 Å². The molecule has 1 N–H and O–H groups in total. The molecule has 0 aliphatic heterocycles. The molecule has 0 aliphatic carbocycles. The van der Waals surface area contributed by atoms with Gasteiger partial charge >= 0.3 is 11.8 Å². The second kappa shape index (κ2) is 8.97. The number of hydrogen-bond acceptors (Lipinski definition) is 3. The zero-order valence-electron chi connectivity index (χ0n) is 15.0. The molecule has 0 saturated carbocycles. The van der Waals surface area contributed by atoms with Crippen LogP contribution in [0.2, 0.25) is 0 Å². The molecule has 2 rings (SSSR count). The number of likely N-dealkylation sites (N-methyl/N-ethyl adjacent to an activating group) is 1. The summed E-state index contributed by atoms with van der Waals surface area (Å²) in [6.45, 7) is 7.08. The lowest BCUT2D eigenvalue weighted by atomic mass is 10.0. The van der Waals surface area contributed by atoms with E-state index in [0.717, 1.165) is 5.56 Å². The third kappa shape index (κ3) is 5.41. The Morgan fingerprint density at radius 2 is 1.72 bits per heavy atom. The van der Waals surface area contributed by atoms with E-state index in [-0.39, 0.29) is 0 Å². The summed E-state index contributed by atoms with van der Waals surface area (Å²) >= 11 is 0. The lowest BCUT2D eigenvalue weighted by Gasteiger charge is -2.20. The van der Waals surface area contributed by atoms with Crippen LogP contribution >= 0.6 is 0 Å². The van der Waals surface area contributed by atoms with Crippen LogP contribution in [0.3, 0.4) is 0 Å². The number of carbonyl (C=O) groups is 2. The van der Waals surface area contributed by atoms with Crippen LogP contribution in [0.1, 0.15) is 37.8 Å². The molecule has 132 valence electrons. The maximum absolute atomic E-state index is 12.4. The highest BCUT2D eigenvalue weighted by atomic mass is 16.2. The molecule has 0 aliphatic rings. The van der Waals surface area contributed by atoms with Crippen LogP contribution in [0.4, 0.5) is 5.69 Å². The molecule has 0 bridgehead atoms. The average Bonchev–Trinajstić information content (AvgIpc) is 2.63. The minimum Gasteiger partial charge on any atom is -0.334 e. The van der Waals surface area contributed by atoms with Crippen molar-refractivity contribution in [2.75, 3.05) is 18.4 Å². The zero-order chi connectivity index (χ0) is 18.2. The fourth-order valence-corrected chi connectivity index (χ4v) is 2.50. The molecule has 5 nitrogen and oxygen atoms in total. The Hall–Kier alpha value is -2.69. The van der Waals surface area contributed by atoms with E-state index in [1.807, 2.05) is 43.3 Å². The number of anilines is 1.